The summed E-state index contributed by atoms with van der Waals surface area (Å²) in [6.07, 6.45) is 0.791. The van der Waals surface area contributed by atoms with E-state index < -0.39 is 0 Å². The molecule has 0 saturated carbocycles. The number of hydrogen-bond acceptors (Lipinski definition) is 5. The monoisotopic (exact) mass is 273 g/mol. The van der Waals surface area contributed by atoms with E-state index in [9.17, 15) is 9.59 Å². The van der Waals surface area contributed by atoms with Crippen LogP contribution in [-0.4, -0.2) is 50.2 Å². The van der Waals surface area contributed by atoms with Crippen molar-refractivity contribution < 1.29 is 19.1 Å². The molecule has 0 aromatic heterocycles. The molecule has 0 radical (unpaired) electrons. The lowest BCUT2D eigenvalue weighted by Gasteiger charge is -2.17. The predicted octanol–water partition coefficient (Wildman–Crippen LogP) is 1.71. The first-order valence-electron chi connectivity index (χ1n) is 6.90. The van der Waals surface area contributed by atoms with E-state index in [4.69, 9.17) is 9.47 Å². The van der Waals surface area contributed by atoms with Crippen LogP contribution < -0.4 is 0 Å². The van der Waals surface area contributed by atoms with Gasteiger partial charge in [0.05, 0.1) is 11.8 Å². The smallest absolute Gasteiger partial charge is 0.308 e. The molecular formula is C14H27NO4. The molecule has 0 bridgehead atoms. The number of hydrogen-bond donors (Lipinski definition) is 0. The molecule has 0 spiro atoms. The molecule has 0 amide bonds. The van der Waals surface area contributed by atoms with Crippen LogP contribution in [0.1, 0.15) is 34.1 Å². The van der Waals surface area contributed by atoms with Gasteiger partial charge in [-0.2, -0.15) is 0 Å². The van der Waals surface area contributed by atoms with Gasteiger partial charge >= 0.3 is 11.9 Å². The lowest BCUT2D eigenvalue weighted by atomic mass is 10.1. The summed E-state index contributed by atoms with van der Waals surface area (Å²) in [4.78, 5) is 24.6. The highest BCUT2D eigenvalue weighted by molar-refractivity contribution is 5.72. The summed E-state index contributed by atoms with van der Waals surface area (Å²) in [5.41, 5.74) is 0. The van der Waals surface area contributed by atoms with Crippen LogP contribution in [0.15, 0.2) is 0 Å². The summed E-state index contributed by atoms with van der Waals surface area (Å²) in [5.74, 6) is -0.474. The SMILES string of the molecule is CCC(C)C(=O)OCCN(C)CCOC(=O)C(C)C. The minimum atomic E-state index is -0.184. The van der Waals surface area contributed by atoms with Crippen molar-refractivity contribution in [3.63, 3.8) is 0 Å². The first-order chi connectivity index (χ1) is 8.88. The summed E-state index contributed by atoms with van der Waals surface area (Å²) in [6.45, 7) is 9.45. The third-order valence-electron chi connectivity index (χ3n) is 2.92. The number of likely N-dealkylation sites (N-methyl/N-ethyl adjacent to an activating group) is 1. The highest BCUT2D eigenvalue weighted by Gasteiger charge is 2.12. The Balaban J connectivity index is 3.62. The van der Waals surface area contributed by atoms with E-state index in [0.29, 0.717) is 26.3 Å². The molecule has 0 aromatic carbocycles. The van der Waals surface area contributed by atoms with E-state index in [1.807, 2.05) is 25.8 Å². The molecule has 0 heterocycles. The van der Waals surface area contributed by atoms with Crippen LogP contribution in [0.2, 0.25) is 0 Å². The Morgan fingerprint density at radius 1 is 1.00 bits per heavy atom. The highest BCUT2D eigenvalue weighted by Crippen LogP contribution is 2.02. The van der Waals surface area contributed by atoms with Gasteiger partial charge in [0.25, 0.3) is 0 Å². The topological polar surface area (TPSA) is 55.8 Å². The fourth-order valence-corrected chi connectivity index (χ4v) is 1.19. The maximum absolute atomic E-state index is 11.4. The van der Waals surface area contributed by atoms with Gasteiger partial charge in [-0.05, 0) is 13.5 Å². The van der Waals surface area contributed by atoms with Crippen LogP contribution in [-0.2, 0) is 19.1 Å². The molecule has 1 atom stereocenters. The first-order valence-corrected chi connectivity index (χ1v) is 6.90. The van der Waals surface area contributed by atoms with Crippen molar-refractivity contribution in [2.24, 2.45) is 11.8 Å². The molecule has 0 fully saturated rings. The van der Waals surface area contributed by atoms with E-state index in [0.717, 1.165) is 6.42 Å². The van der Waals surface area contributed by atoms with E-state index in [-0.39, 0.29) is 23.8 Å². The zero-order chi connectivity index (χ0) is 14.8. The quantitative estimate of drug-likeness (QED) is 0.599. The maximum atomic E-state index is 11.4. The van der Waals surface area contributed by atoms with Gasteiger partial charge in [-0.3, -0.25) is 14.5 Å². The van der Waals surface area contributed by atoms with Crippen LogP contribution >= 0.6 is 0 Å². The number of nitrogens with zero attached hydrogens (tertiary/aromatic N) is 1. The van der Waals surface area contributed by atoms with E-state index in [1.165, 1.54) is 0 Å². The van der Waals surface area contributed by atoms with E-state index >= 15 is 0 Å². The minimum absolute atomic E-state index is 0.0442. The summed E-state index contributed by atoms with van der Waals surface area (Å²) < 4.78 is 10.2. The van der Waals surface area contributed by atoms with Crippen LogP contribution in [0.5, 0.6) is 0 Å². The molecule has 0 aliphatic rings. The average Bonchev–Trinajstić information content (AvgIpc) is 2.37. The minimum Gasteiger partial charge on any atom is -0.464 e. The lowest BCUT2D eigenvalue weighted by Crippen LogP contribution is -2.29. The summed E-state index contributed by atoms with van der Waals surface area (Å²) in [5, 5.41) is 0. The number of esters is 2. The Morgan fingerprint density at radius 3 is 1.89 bits per heavy atom. The Kier molecular flexibility index (Phi) is 9.21. The first kappa shape index (κ1) is 17.9. The van der Waals surface area contributed by atoms with Gasteiger partial charge in [0.15, 0.2) is 0 Å². The fraction of sp³-hybridized carbons (Fsp3) is 0.857. The van der Waals surface area contributed by atoms with Crippen molar-refractivity contribution in [3.8, 4) is 0 Å². The third-order valence-corrected chi connectivity index (χ3v) is 2.92. The van der Waals surface area contributed by atoms with Crippen molar-refractivity contribution in [1.29, 1.82) is 0 Å². The number of carbonyl (C=O) groups is 2. The summed E-state index contributed by atoms with van der Waals surface area (Å²) >= 11 is 0. The van der Waals surface area contributed by atoms with Gasteiger partial charge in [0.1, 0.15) is 13.2 Å². The van der Waals surface area contributed by atoms with Gasteiger partial charge in [0, 0.05) is 13.1 Å². The summed E-state index contributed by atoms with van der Waals surface area (Å²) in [7, 11) is 1.90. The summed E-state index contributed by atoms with van der Waals surface area (Å²) in [6, 6.07) is 0. The van der Waals surface area contributed by atoms with Crippen molar-refractivity contribution in [2.75, 3.05) is 33.4 Å². The third kappa shape index (κ3) is 8.59. The molecular weight excluding hydrogens is 246 g/mol. The molecule has 0 aromatic rings. The molecule has 0 saturated heterocycles. The predicted molar refractivity (Wildman–Crippen MR) is 73.7 cm³/mol. The Bertz CT molecular complexity index is 279. The van der Waals surface area contributed by atoms with Crippen molar-refractivity contribution in [3.05, 3.63) is 0 Å². The van der Waals surface area contributed by atoms with Crippen LogP contribution in [0.25, 0.3) is 0 Å². The normalized spacial score (nSPS) is 12.6. The Morgan fingerprint density at radius 2 is 1.47 bits per heavy atom. The van der Waals surface area contributed by atoms with Crippen molar-refractivity contribution >= 4 is 11.9 Å². The van der Waals surface area contributed by atoms with Gasteiger partial charge in [-0.1, -0.05) is 27.7 Å². The molecule has 1 unspecified atom stereocenters. The number of carbonyl (C=O) groups excluding carboxylic acids is 2. The van der Waals surface area contributed by atoms with Gasteiger partial charge in [0.2, 0.25) is 0 Å². The van der Waals surface area contributed by atoms with Crippen molar-refractivity contribution in [2.45, 2.75) is 34.1 Å². The van der Waals surface area contributed by atoms with E-state index in [2.05, 4.69) is 0 Å². The maximum Gasteiger partial charge on any atom is 0.308 e. The molecule has 0 aliphatic carbocycles. The van der Waals surface area contributed by atoms with Gasteiger partial charge in [-0.15, -0.1) is 0 Å². The molecule has 5 heteroatoms. The molecule has 5 nitrogen and oxygen atoms in total. The van der Waals surface area contributed by atoms with Gasteiger partial charge < -0.3 is 9.47 Å². The molecule has 0 rings (SSSR count). The highest BCUT2D eigenvalue weighted by atomic mass is 16.5. The van der Waals surface area contributed by atoms with Crippen molar-refractivity contribution in [1.82, 2.24) is 4.90 Å². The Labute approximate surface area is 116 Å². The van der Waals surface area contributed by atoms with Crippen LogP contribution in [0.3, 0.4) is 0 Å². The average molecular weight is 273 g/mol. The number of ether oxygens (including phenoxy) is 2. The zero-order valence-electron chi connectivity index (χ0n) is 12.8. The second-order valence-electron chi connectivity index (χ2n) is 5.10. The van der Waals surface area contributed by atoms with Gasteiger partial charge in [-0.25, -0.2) is 0 Å². The zero-order valence-corrected chi connectivity index (χ0v) is 12.8. The van der Waals surface area contributed by atoms with E-state index in [1.54, 1.807) is 13.8 Å². The fourth-order valence-electron chi connectivity index (χ4n) is 1.19. The number of rotatable bonds is 9. The Hall–Kier alpha value is -1.10. The lowest BCUT2D eigenvalue weighted by molar-refractivity contribution is -0.148. The molecule has 0 N–H and O–H groups in total. The second kappa shape index (κ2) is 9.78. The van der Waals surface area contributed by atoms with Crippen LogP contribution in [0, 0.1) is 11.8 Å². The van der Waals surface area contributed by atoms with Crippen LogP contribution in [0.4, 0.5) is 0 Å². The largest absolute Gasteiger partial charge is 0.464 e. The second-order valence-corrected chi connectivity index (χ2v) is 5.10. The standard InChI is InChI=1S/C14H27NO4/c1-6-12(4)14(17)19-10-8-15(5)7-9-18-13(16)11(2)3/h11-12H,6-10H2,1-5H3. The molecule has 0 aliphatic heterocycles. The molecule has 19 heavy (non-hydrogen) atoms. The molecule has 112 valence electrons.